The molecule has 0 saturated carbocycles. The molecule has 2 heterocycles. The van der Waals surface area contributed by atoms with E-state index in [1.165, 1.54) is 6.33 Å². The maximum atomic E-state index is 6.06. The van der Waals surface area contributed by atoms with Gasteiger partial charge in [0, 0.05) is 12.3 Å². The topological polar surface area (TPSA) is 43.6 Å². The SMILES string of the molecule is CC(C)c1cc(Cl)n(-c2ccncn2)n1. The van der Waals surface area contributed by atoms with Crippen molar-refractivity contribution >= 4 is 11.6 Å². The Labute approximate surface area is 92.9 Å². The predicted molar refractivity (Wildman–Crippen MR) is 58.3 cm³/mol. The molecule has 2 rings (SSSR count). The van der Waals surface area contributed by atoms with Crippen molar-refractivity contribution in [2.45, 2.75) is 19.8 Å². The van der Waals surface area contributed by atoms with Crippen molar-refractivity contribution in [3.05, 3.63) is 35.5 Å². The highest BCUT2D eigenvalue weighted by atomic mass is 35.5. The zero-order chi connectivity index (χ0) is 10.8. The first kappa shape index (κ1) is 10.1. The lowest BCUT2D eigenvalue weighted by Crippen LogP contribution is -2.00. The second kappa shape index (κ2) is 3.98. The number of halogens is 1. The predicted octanol–water partition coefficient (Wildman–Crippen LogP) is 2.44. The number of hydrogen-bond acceptors (Lipinski definition) is 3. The Bertz CT molecular complexity index is 450. The summed E-state index contributed by atoms with van der Waals surface area (Å²) in [5.74, 6) is 1.03. The van der Waals surface area contributed by atoms with Crippen molar-refractivity contribution in [2.75, 3.05) is 0 Å². The number of aromatic nitrogens is 4. The van der Waals surface area contributed by atoms with E-state index in [9.17, 15) is 0 Å². The summed E-state index contributed by atoms with van der Waals surface area (Å²) in [5.41, 5.74) is 0.957. The van der Waals surface area contributed by atoms with E-state index < -0.39 is 0 Å². The number of rotatable bonds is 2. The molecular weight excluding hydrogens is 212 g/mol. The minimum Gasteiger partial charge on any atom is -0.245 e. The molecule has 0 fully saturated rings. The number of hydrogen-bond donors (Lipinski definition) is 0. The quantitative estimate of drug-likeness (QED) is 0.784. The molecular formula is C10H11ClN4. The Balaban J connectivity index is 2.45. The van der Waals surface area contributed by atoms with Crippen molar-refractivity contribution in [2.24, 2.45) is 0 Å². The molecule has 4 nitrogen and oxygen atoms in total. The van der Waals surface area contributed by atoms with Gasteiger partial charge in [-0.25, -0.2) is 14.6 Å². The van der Waals surface area contributed by atoms with Gasteiger partial charge in [-0.1, -0.05) is 25.4 Å². The molecule has 0 bridgehead atoms. The molecule has 5 heteroatoms. The second-order valence-corrected chi connectivity index (χ2v) is 3.91. The smallest absolute Gasteiger partial charge is 0.158 e. The van der Waals surface area contributed by atoms with Gasteiger partial charge >= 0.3 is 0 Å². The highest BCUT2D eigenvalue weighted by Gasteiger charge is 2.10. The van der Waals surface area contributed by atoms with Crippen LogP contribution < -0.4 is 0 Å². The average Bonchev–Trinajstić information content (AvgIpc) is 2.62. The van der Waals surface area contributed by atoms with E-state index in [-0.39, 0.29) is 0 Å². The standard InChI is InChI=1S/C10H11ClN4/c1-7(2)8-5-9(11)15(14-8)10-3-4-12-6-13-10/h3-7H,1-2H3. The van der Waals surface area contributed by atoms with Crippen LogP contribution in [0.3, 0.4) is 0 Å². The monoisotopic (exact) mass is 222 g/mol. The normalized spacial score (nSPS) is 10.9. The van der Waals surface area contributed by atoms with Gasteiger partial charge in [0.05, 0.1) is 5.69 Å². The minimum atomic E-state index is 0.352. The van der Waals surface area contributed by atoms with E-state index >= 15 is 0 Å². The Kier molecular flexibility index (Phi) is 2.68. The Hall–Kier alpha value is -1.42. The molecule has 15 heavy (non-hydrogen) atoms. The fourth-order valence-electron chi connectivity index (χ4n) is 1.23. The summed E-state index contributed by atoms with van der Waals surface area (Å²) in [6, 6.07) is 3.62. The molecule has 0 atom stereocenters. The van der Waals surface area contributed by atoms with Crippen LogP contribution in [0, 0.1) is 0 Å². The molecule has 0 aliphatic rings. The summed E-state index contributed by atoms with van der Waals surface area (Å²) in [5, 5.41) is 4.94. The summed E-state index contributed by atoms with van der Waals surface area (Å²) < 4.78 is 1.61. The van der Waals surface area contributed by atoms with Crippen molar-refractivity contribution in [1.29, 1.82) is 0 Å². The molecule has 0 N–H and O–H groups in total. The van der Waals surface area contributed by atoms with Crippen molar-refractivity contribution in [3.63, 3.8) is 0 Å². The van der Waals surface area contributed by atoms with Gasteiger partial charge in [0.1, 0.15) is 11.5 Å². The van der Waals surface area contributed by atoms with Crippen LogP contribution in [0.5, 0.6) is 0 Å². The maximum Gasteiger partial charge on any atom is 0.158 e. The second-order valence-electron chi connectivity index (χ2n) is 3.53. The third-order valence-corrected chi connectivity index (χ3v) is 2.33. The van der Waals surface area contributed by atoms with Crippen molar-refractivity contribution in [1.82, 2.24) is 19.7 Å². The molecule has 0 amide bonds. The lowest BCUT2D eigenvalue weighted by atomic mass is 10.1. The van der Waals surface area contributed by atoms with Gasteiger partial charge in [0.2, 0.25) is 0 Å². The van der Waals surface area contributed by atoms with E-state index in [1.807, 2.05) is 6.07 Å². The maximum absolute atomic E-state index is 6.06. The molecule has 0 spiro atoms. The van der Waals surface area contributed by atoms with Crippen LogP contribution in [-0.4, -0.2) is 19.7 Å². The van der Waals surface area contributed by atoms with Gasteiger partial charge in [-0.15, -0.1) is 0 Å². The minimum absolute atomic E-state index is 0.352. The lowest BCUT2D eigenvalue weighted by molar-refractivity contribution is 0.756. The van der Waals surface area contributed by atoms with E-state index in [1.54, 1.807) is 16.9 Å². The van der Waals surface area contributed by atoms with Gasteiger partial charge < -0.3 is 0 Å². The van der Waals surface area contributed by atoms with Crippen LogP contribution >= 0.6 is 11.6 Å². The van der Waals surface area contributed by atoms with Gasteiger partial charge in [-0.05, 0) is 12.0 Å². The number of nitrogens with zero attached hydrogens (tertiary/aromatic N) is 4. The van der Waals surface area contributed by atoms with E-state index in [4.69, 9.17) is 11.6 Å². The van der Waals surface area contributed by atoms with E-state index in [0.717, 1.165) is 5.69 Å². The summed E-state index contributed by atoms with van der Waals surface area (Å²) in [6.07, 6.45) is 3.14. The summed E-state index contributed by atoms with van der Waals surface area (Å²) >= 11 is 6.06. The van der Waals surface area contributed by atoms with Crippen molar-refractivity contribution < 1.29 is 0 Å². The third kappa shape index (κ3) is 1.99. The van der Waals surface area contributed by atoms with E-state index in [0.29, 0.717) is 16.9 Å². The van der Waals surface area contributed by atoms with Gasteiger partial charge in [0.25, 0.3) is 0 Å². The van der Waals surface area contributed by atoms with Crippen LogP contribution in [0.2, 0.25) is 5.15 Å². The van der Waals surface area contributed by atoms with Crippen LogP contribution in [-0.2, 0) is 0 Å². The Morgan fingerprint density at radius 2 is 2.20 bits per heavy atom. The zero-order valence-electron chi connectivity index (χ0n) is 8.55. The molecule has 78 valence electrons. The van der Waals surface area contributed by atoms with Crippen LogP contribution in [0.25, 0.3) is 5.82 Å². The van der Waals surface area contributed by atoms with Gasteiger partial charge in [-0.2, -0.15) is 5.10 Å². The average molecular weight is 223 g/mol. The summed E-state index contributed by atoms with van der Waals surface area (Å²) in [6.45, 7) is 4.14. The molecule has 0 aromatic carbocycles. The van der Waals surface area contributed by atoms with Gasteiger partial charge in [-0.3, -0.25) is 0 Å². The molecule has 0 saturated heterocycles. The molecule has 0 aliphatic carbocycles. The van der Waals surface area contributed by atoms with Crippen LogP contribution in [0.4, 0.5) is 0 Å². The first-order chi connectivity index (χ1) is 7.18. The van der Waals surface area contributed by atoms with E-state index in [2.05, 4.69) is 28.9 Å². The molecule has 0 unspecified atom stereocenters. The fraction of sp³-hybridized carbons (Fsp3) is 0.300. The zero-order valence-corrected chi connectivity index (χ0v) is 9.31. The largest absolute Gasteiger partial charge is 0.245 e. The molecule has 0 aliphatic heterocycles. The molecule has 2 aromatic rings. The first-order valence-corrected chi connectivity index (χ1v) is 5.08. The summed E-state index contributed by atoms with van der Waals surface area (Å²) in [7, 11) is 0. The molecule has 0 radical (unpaired) electrons. The third-order valence-electron chi connectivity index (χ3n) is 2.06. The lowest BCUT2D eigenvalue weighted by Gasteiger charge is -2.00. The summed E-state index contributed by atoms with van der Waals surface area (Å²) in [4.78, 5) is 7.93. The highest BCUT2D eigenvalue weighted by molar-refractivity contribution is 6.29. The Morgan fingerprint density at radius 1 is 1.40 bits per heavy atom. The fourth-order valence-corrected chi connectivity index (χ4v) is 1.46. The highest BCUT2D eigenvalue weighted by Crippen LogP contribution is 2.20. The Morgan fingerprint density at radius 3 is 2.73 bits per heavy atom. The van der Waals surface area contributed by atoms with Crippen LogP contribution in [0.1, 0.15) is 25.5 Å². The van der Waals surface area contributed by atoms with Crippen LogP contribution in [0.15, 0.2) is 24.7 Å². The van der Waals surface area contributed by atoms with Crippen molar-refractivity contribution in [3.8, 4) is 5.82 Å². The first-order valence-electron chi connectivity index (χ1n) is 4.70. The molecule has 2 aromatic heterocycles. The van der Waals surface area contributed by atoms with Gasteiger partial charge in [0.15, 0.2) is 5.82 Å².